The van der Waals surface area contributed by atoms with Crippen molar-refractivity contribution < 1.29 is 19.1 Å². The van der Waals surface area contributed by atoms with E-state index in [0.717, 1.165) is 4.90 Å². The minimum atomic E-state index is -0.473. The molecule has 0 fully saturated rings. The lowest BCUT2D eigenvalue weighted by atomic mass is 10.4. The number of ether oxygens (including phenoxy) is 2. The molecule has 1 aliphatic heterocycles. The zero-order chi connectivity index (χ0) is 9.30. The molecule has 1 rings (SSSR count). The van der Waals surface area contributed by atoms with E-state index in [-0.39, 0.29) is 11.5 Å². The summed E-state index contributed by atoms with van der Waals surface area (Å²) in [6.45, 7) is 0. The van der Waals surface area contributed by atoms with Gasteiger partial charge in [-0.15, -0.1) is 0 Å². The molecule has 12 heavy (non-hydrogen) atoms. The topological polar surface area (TPSA) is 55.8 Å². The molecule has 0 bridgehead atoms. The fourth-order valence-corrected chi connectivity index (χ4v) is 0.951. The molecule has 0 radical (unpaired) electrons. The number of methoxy groups -OCH3 is 2. The molecule has 5 nitrogen and oxygen atoms in total. The number of nitrogens with zero attached hydrogens (tertiary/aromatic N) is 1. The van der Waals surface area contributed by atoms with E-state index in [0.29, 0.717) is 0 Å². The van der Waals surface area contributed by atoms with Crippen molar-refractivity contribution in [3.05, 3.63) is 11.5 Å². The van der Waals surface area contributed by atoms with Gasteiger partial charge in [-0.25, -0.2) is 0 Å². The number of carbonyl (C=O) groups excluding carboxylic acids is 2. The summed E-state index contributed by atoms with van der Waals surface area (Å²) in [6, 6.07) is 0. The molecule has 0 unspecified atom stereocenters. The molecule has 1 aliphatic rings. The Morgan fingerprint density at radius 3 is 1.58 bits per heavy atom. The van der Waals surface area contributed by atoms with Gasteiger partial charge in [-0.1, -0.05) is 0 Å². The molecule has 1 heterocycles. The van der Waals surface area contributed by atoms with Gasteiger partial charge in [0, 0.05) is 7.05 Å². The molecule has 0 saturated carbocycles. The van der Waals surface area contributed by atoms with Crippen LogP contribution in [0.15, 0.2) is 11.5 Å². The maximum Gasteiger partial charge on any atom is 0.299 e. The first-order valence-corrected chi connectivity index (χ1v) is 3.28. The zero-order valence-corrected chi connectivity index (χ0v) is 7.08. The van der Waals surface area contributed by atoms with Crippen molar-refractivity contribution >= 4 is 11.8 Å². The van der Waals surface area contributed by atoms with Crippen molar-refractivity contribution in [2.24, 2.45) is 0 Å². The first kappa shape index (κ1) is 8.58. The third-order valence-corrected chi connectivity index (χ3v) is 1.61. The molecule has 0 atom stereocenters. The van der Waals surface area contributed by atoms with Gasteiger partial charge < -0.3 is 9.47 Å². The summed E-state index contributed by atoms with van der Waals surface area (Å²) < 4.78 is 9.42. The molecule has 0 saturated heterocycles. The van der Waals surface area contributed by atoms with Crippen molar-refractivity contribution in [1.82, 2.24) is 4.90 Å². The van der Waals surface area contributed by atoms with E-state index in [9.17, 15) is 9.59 Å². The molecule has 0 aromatic rings. The summed E-state index contributed by atoms with van der Waals surface area (Å²) in [5.74, 6) is -1.02. The van der Waals surface area contributed by atoms with Crippen molar-refractivity contribution in [3.8, 4) is 0 Å². The van der Waals surface area contributed by atoms with Gasteiger partial charge in [0.25, 0.3) is 11.8 Å². The number of rotatable bonds is 2. The van der Waals surface area contributed by atoms with Gasteiger partial charge >= 0.3 is 0 Å². The van der Waals surface area contributed by atoms with Crippen LogP contribution in [0.2, 0.25) is 0 Å². The first-order chi connectivity index (χ1) is 5.63. The van der Waals surface area contributed by atoms with E-state index in [2.05, 4.69) is 0 Å². The molecule has 0 aromatic carbocycles. The third-order valence-electron chi connectivity index (χ3n) is 1.61. The van der Waals surface area contributed by atoms with Crippen LogP contribution < -0.4 is 0 Å². The Morgan fingerprint density at radius 2 is 1.33 bits per heavy atom. The molecular weight excluding hydrogens is 162 g/mol. The summed E-state index contributed by atoms with van der Waals surface area (Å²) in [6.07, 6.45) is 0. The summed E-state index contributed by atoms with van der Waals surface area (Å²) in [4.78, 5) is 23.3. The number of hydrogen-bond acceptors (Lipinski definition) is 4. The fourth-order valence-electron chi connectivity index (χ4n) is 0.951. The van der Waals surface area contributed by atoms with Crippen LogP contribution in [-0.4, -0.2) is 38.0 Å². The molecule has 2 amide bonds. The third kappa shape index (κ3) is 0.939. The van der Waals surface area contributed by atoms with E-state index in [1.807, 2.05) is 0 Å². The highest BCUT2D eigenvalue weighted by molar-refractivity contribution is 6.17. The Labute approximate surface area is 69.5 Å². The van der Waals surface area contributed by atoms with E-state index in [1.165, 1.54) is 21.3 Å². The predicted molar refractivity (Wildman–Crippen MR) is 38.8 cm³/mol. The van der Waals surface area contributed by atoms with Gasteiger partial charge in [0.05, 0.1) is 14.2 Å². The van der Waals surface area contributed by atoms with E-state index in [4.69, 9.17) is 9.47 Å². The Kier molecular flexibility index (Phi) is 2.03. The van der Waals surface area contributed by atoms with E-state index in [1.54, 1.807) is 0 Å². The lowest BCUT2D eigenvalue weighted by Gasteiger charge is -2.04. The number of amides is 2. The van der Waals surface area contributed by atoms with Crippen molar-refractivity contribution in [3.63, 3.8) is 0 Å². The SMILES string of the molecule is COC1=C(OC)C(=O)N(C)C1=O. The Morgan fingerprint density at radius 1 is 1.00 bits per heavy atom. The van der Waals surface area contributed by atoms with Gasteiger partial charge in [0.15, 0.2) is 0 Å². The second-order valence-electron chi connectivity index (χ2n) is 2.24. The molecule has 0 spiro atoms. The monoisotopic (exact) mass is 171 g/mol. The number of carbonyl (C=O) groups is 2. The quantitative estimate of drug-likeness (QED) is 0.525. The van der Waals surface area contributed by atoms with Gasteiger partial charge in [-0.05, 0) is 0 Å². The minimum Gasteiger partial charge on any atom is -0.488 e. The van der Waals surface area contributed by atoms with Crippen LogP contribution in [0.25, 0.3) is 0 Å². The molecule has 0 aliphatic carbocycles. The van der Waals surface area contributed by atoms with Gasteiger partial charge in [-0.3, -0.25) is 14.5 Å². The van der Waals surface area contributed by atoms with Gasteiger partial charge in [0.2, 0.25) is 11.5 Å². The summed E-state index contributed by atoms with van der Waals surface area (Å²) >= 11 is 0. The van der Waals surface area contributed by atoms with Gasteiger partial charge in [0.1, 0.15) is 0 Å². The van der Waals surface area contributed by atoms with Crippen molar-refractivity contribution in [2.45, 2.75) is 0 Å². The maximum absolute atomic E-state index is 11.2. The molecular formula is C7H9NO4. The lowest BCUT2D eigenvalue weighted by molar-refractivity contribution is -0.138. The van der Waals surface area contributed by atoms with Gasteiger partial charge in [-0.2, -0.15) is 0 Å². The van der Waals surface area contributed by atoms with Crippen LogP contribution >= 0.6 is 0 Å². The van der Waals surface area contributed by atoms with Crippen molar-refractivity contribution in [2.75, 3.05) is 21.3 Å². The van der Waals surface area contributed by atoms with E-state index < -0.39 is 11.8 Å². The van der Waals surface area contributed by atoms with Crippen LogP contribution in [0, 0.1) is 0 Å². The molecule has 5 heteroatoms. The Bertz CT molecular complexity index is 243. The average Bonchev–Trinajstić information content (AvgIpc) is 2.29. The fraction of sp³-hybridized carbons (Fsp3) is 0.429. The highest BCUT2D eigenvalue weighted by atomic mass is 16.5. The van der Waals surface area contributed by atoms with Crippen molar-refractivity contribution in [1.29, 1.82) is 0 Å². The van der Waals surface area contributed by atoms with E-state index >= 15 is 0 Å². The van der Waals surface area contributed by atoms with Crippen LogP contribution in [0.3, 0.4) is 0 Å². The zero-order valence-electron chi connectivity index (χ0n) is 7.08. The summed E-state index contributed by atoms with van der Waals surface area (Å²) in [5, 5.41) is 0. The predicted octanol–water partition coefficient (Wildman–Crippen LogP) is -0.511. The average molecular weight is 171 g/mol. The van der Waals surface area contributed by atoms with Crippen LogP contribution in [0.5, 0.6) is 0 Å². The number of likely N-dealkylation sites (N-methyl/N-ethyl adjacent to an activating group) is 1. The molecule has 0 aromatic heterocycles. The lowest BCUT2D eigenvalue weighted by Crippen LogP contribution is -2.27. The normalized spacial score (nSPS) is 17.4. The van der Waals surface area contributed by atoms with Crippen LogP contribution in [-0.2, 0) is 19.1 Å². The second kappa shape index (κ2) is 2.84. The molecule has 0 N–H and O–H groups in total. The maximum atomic E-state index is 11.2. The standard InChI is InChI=1S/C7H9NO4/c1-8-6(9)4(11-2)5(12-3)7(8)10/h1-3H3. The highest BCUT2D eigenvalue weighted by Crippen LogP contribution is 2.19. The largest absolute Gasteiger partial charge is 0.488 e. The molecule has 66 valence electrons. The Balaban J connectivity index is 3.09. The first-order valence-electron chi connectivity index (χ1n) is 3.28. The summed E-state index contributed by atoms with van der Waals surface area (Å²) in [5.41, 5.74) is 0. The number of imide groups is 1. The Hall–Kier alpha value is -1.52. The second-order valence-corrected chi connectivity index (χ2v) is 2.24. The summed E-state index contributed by atoms with van der Waals surface area (Å²) in [7, 11) is 4.01. The smallest absolute Gasteiger partial charge is 0.299 e. The highest BCUT2D eigenvalue weighted by Gasteiger charge is 2.38. The van der Waals surface area contributed by atoms with Crippen LogP contribution in [0.4, 0.5) is 0 Å². The minimum absolute atomic E-state index is 0.0370. The number of hydrogen-bond donors (Lipinski definition) is 0. The van der Waals surface area contributed by atoms with Crippen LogP contribution in [0.1, 0.15) is 0 Å².